The van der Waals surface area contributed by atoms with Crippen molar-refractivity contribution in [2.75, 3.05) is 13.1 Å². The Morgan fingerprint density at radius 2 is 1.93 bits per heavy atom. The number of carbonyl (C=O) groups excluding carboxylic acids is 3. The number of hydrazine groups is 1. The molecule has 4 atom stereocenters. The van der Waals surface area contributed by atoms with Crippen molar-refractivity contribution in [1.82, 2.24) is 35.8 Å². The van der Waals surface area contributed by atoms with Crippen LogP contribution in [0.1, 0.15) is 35.3 Å². The zero-order valence-electron chi connectivity index (χ0n) is 23.1. The Balaban J connectivity index is 1.21. The summed E-state index contributed by atoms with van der Waals surface area (Å²) in [7, 11) is 0. The molecule has 0 spiro atoms. The lowest BCUT2D eigenvalue weighted by molar-refractivity contribution is -0.139. The molecule has 2 aromatic carbocycles. The van der Waals surface area contributed by atoms with Crippen LogP contribution in [0.4, 0.5) is 4.39 Å². The van der Waals surface area contributed by atoms with Crippen LogP contribution in [0.5, 0.6) is 0 Å². The minimum atomic E-state index is -1.34. The van der Waals surface area contributed by atoms with E-state index in [1.807, 2.05) is 24.3 Å². The number of carbonyl (C=O) groups is 3. The number of hydrogen-bond donors (Lipinski definition) is 3. The molecule has 0 radical (unpaired) electrons. The Morgan fingerprint density at radius 3 is 2.67 bits per heavy atom. The molecular weight excluding hydrogens is 596 g/mol. The van der Waals surface area contributed by atoms with E-state index in [0.717, 1.165) is 16.7 Å². The van der Waals surface area contributed by atoms with Gasteiger partial charge in [0.1, 0.15) is 18.8 Å². The topological polar surface area (TPSA) is 121 Å². The number of fused-ring (bicyclic) bond motifs is 1. The van der Waals surface area contributed by atoms with Gasteiger partial charge in [-0.15, -0.1) is 0 Å². The number of likely N-dealkylation sites (tertiary alicyclic amines) is 1. The van der Waals surface area contributed by atoms with Gasteiger partial charge < -0.3 is 14.8 Å². The summed E-state index contributed by atoms with van der Waals surface area (Å²) in [5.74, 6) is -1.02. The van der Waals surface area contributed by atoms with Crippen LogP contribution in [0.3, 0.4) is 0 Å². The highest BCUT2D eigenvalue weighted by atomic mass is 35.5. The molecule has 0 bridgehead atoms. The first-order chi connectivity index (χ1) is 20.7. The molecule has 2 aromatic heterocycles. The van der Waals surface area contributed by atoms with E-state index in [4.69, 9.17) is 23.2 Å². The van der Waals surface area contributed by atoms with E-state index in [9.17, 15) is 18.8 Å². The molecule has 13 heteroatoms. The van der Waals surface area contributed by atoms with Gasteiger partial charge in [-0.1, -0.05) is 35.3 Å². The van der Waals surface area contributed by atoms with Gasteiger partial charge in [0.25, 0.3) is 0 Å². The summed E-state index contributed by atoms with van der Waals surface area (Å²) >= 11 is 12.4. The van der Waals surface area contributed by atoms with Crippen LogP contribution in [-0.2, 0) is 16.1 Å². The second kappa shape index (κ2) is 12.0. The fraction of sp³-hybridized carbons (Fsp3) is 0.300. The molecule has 222 valence electrons. The van der Waals surface area contributed by atoms with Gasteiger partial charge in [0.15, 0.2) is 5.78 Å². The monoisotopic (exact) mass is 623 g/mol. The van der Waals surface area contributed by atoms with Crippen molar-refractivity contribution in [3.63, 3.8) is 0 Å². The fourth-order valence-corrected chi connectivity index (χ4v) is 6.38. The van der Waals surface area contributed by atoms with Crippen molar-refractivity contribution in [2.24, 2.45) is 0 Å². The largest absolute Gasteiger partial charge is 0.348 e. The normalized spacial score (nSPS) is 21.8. The van der Waals surface area contributed by atoms with Gasteiger partial charge in [0.05, 0.1) is 31.0 Å². The molecule has 6 rings (SSSR count). The number of aromatic nitrogens is 3. The van der Waals surface area contributed by atoms with Crippen molar-refractivity contribution < 1.29 is 18.8 Å². The average Bonchev–Trinajstić information content (AvgIpc) is 3.70. The van der Waals surface area contributed by atoms with Crippen LogP contribution in [0.25, 0.3) is 22.0 Å². The van der Waals surface area contributed by atoms with Gasteiger partial charge >= 0.3 is 0 Å². The molecule has 0 aliphatic carbocycles. The smallest absolute Gasteiger partial charge is 0.243 e. The average molecular weight is 625 g/mol. The first-order valence-electron chi connectivity index (χ1n) is 13.8. The van der Waals surface area contributed by atoms with Crippen LogP contribution in [0, 0.1) is 0 Å². The molecule has 2 aliphatic rings. The summed E-state index contributed by atoms with van der Waals surface area (Å²) in [6, 6.07) is 10.8. The predicted molar refractivity (Wildman–Crippen MR) is 160 cm³/mol. The molecule has 3 N–H and O–H groups in total. The summed E-state index contributed by atoms with van der Waals surface area (Å²) in [4.78, 5) is 40.9. The molecule has 2 aliphatic heterocycles. The molecule has 2 fully saturated rings. The van der Waals surface area contributed by atoms with E-state index < -0.39 is 30.1 Å². The maximum absolute atomic E-state index is 14.7. The molecule has 43 heavy (non-hydrogen) atoms. The molecule has 10 nitrogen and oxygen atoms in total. The Bertz CT molecular complexity index is 1720. The van der Waals surface area contributed by atoms with Crippen LogP contribution < -0.4 is 16.2 Å². The number of halogens is 3. The number of nitrogens with one attached hydrogen (secondary N) is 3. The van der Waals surface area contributed by atoms with Crippen LogP contribution in [0.2, 0.25) is 10.0 Å². The van der Waals surface area contributed by atoms with Crippen molar-refractivity contribution >= 4 is 51.7 Å². The summed E-state index contributed by atoms with van der Waals surface area (Å²) in [6.45, 7) is 1.51. The maximum Gasteiger partial charge on any atom is 0.243 e. The third kappa shape index (κ3) is 5.85. The number of ketones is 1. The SMILES string of the molecule is CC(=O)c1cn(CC(=O)N2C[C@H](F)C[C@H]2C(=O)NC2CNNC2c2ccc(Cl)cc2Cl)c2ccc(-c3ccnnc3)cc12. The minimum Gasteiger partial charge on any atom is -0.348 e. The second-order valence-corrected chi connectivity index (χ2v) is 11.6. The highest BCUT2D eigenvalue weighted by molar-refractivity contribution is 6.35. The van der Waals surface area contributed by atoms with Crippen LogP contribution in [-0.4, -0.2) is 68.6 Å². The van der Waals surface area contributed by atoms with E-state index in [2.05, 4.69) is 26.4 Å². The van der Waals surface area contributed by atoms with Gasteiger partial charge in [-0.25, -0.2) is 9.82 Å². The number of nitrogens with zero attached hydrogens (tertiary/aromatic N) is 4. The van der Waals surface area contributed by atoms with Crippen molar-refractivity contribution in [1.29, 1.82) is 0 Å². The van der Waals surface area contributed by atoms with Gasteiger partial charge in [-0.3, -0.25) is 19.8 Å². The lowest BCUT2D eigenvalue weighted by Gasteiger charge is -2.27. The van der Waals surface area contributed by atoms with Crippen LogP contribution >= 0.6 is 23.2 Å². The molecule has 0 saturated carbocycles. The van der Waals surface area contributed by atoms with E-state index in [-0.39, 0.29) is 31.3 Å². The lowest BCUT2D eigenvalue weighted by Crippen LogP contribution is -2.51. The van der Waals surface area contributed by atoms with Gasteiger partial charge in [0.2, 0.25) is 11.8 Å². The van der Waals surface area contributed by atoms with Gasteiger partial charge in [-0.05, 0) is 48.4 Å². The zero-order chi connectivity index (χ0) is 30.2. The molecule has 2 saturated heterocycles. The van der Waals surface area contributed by atoms with E-state index >= 15 is 0 Å². The molecule has 2 amide bonds. The van der Waals surface area contributed by atoms with Crippen LogP contribution in [0.15, 0.2) is 61.1 Å². The van der Waals surface area contributed by atoms with E-state index in [1.165, 1.54) is 11.8 Å². The Morgan fingerprint density at radius 1 is 1.09 bits per heavy atom. The Labute approximate surface area is 256 Å². The molecule has 4 heterocycles. The quantitative estimate of drug-likeness (QED) is 0.267. The number of benzene rings is 2. The van der Waals surface area contributed by atoms with E-state index in [0.29, 0.717) is 33.1 Å². The van der Waals surface area contributed by atoms with Gasteiger partial charge in [-0.2, -0.15) is 10.2 Å². The standard InChI is InChI=1S/C30H28Cl2FN7O3/c1-16(41)23-14-39(26-5-2-17(8-22(23)26)18-6-7-34-35-11-18)15-28(42)40-13-20(33)10-27(40)30(43)37-25-12-36-38-29(25)21-4-3-19(31)9-24(21)32/h2-9,11,14,20,25,27,29,36,38H,10,12-13,15H2,1H3,(H,37,43)/t20-,25?,27+,29?/m1/s1. The number of alkyl halides is 1. The highest BCUT2D eigenvalue weighted by Crippen LogP contribution is 2.31. The number of Topliss-reactive ketones (excluding diaryl/α,β-unsaturated/α-hetero) is 1. The number of amides is 2. The highest BCUT2D eigenvalue weighted by Gasteiger charge is 2.42. The zero-order valence-corrected chi connectivity index (χ0v) is 24.6. The molecule has 2 unspecified atom stereocenters. The second-order valence-electron chi connectivity index (χ2n) is 10.8. The number of rotatable bonds is 7. The summed E-state index contributed by atoms with van der Waals surface area (Å²) in [6.07, 6.45) is 3.40. The maximum atomic E-state index is 14.7. The van der Waals surface area contributed by atoms with E-state index in [1.54, 1.807) is 41.4 Å². The summed E-state index contributed by atoms with van der Waals surface area (Å²) < 4.78 is 16.4. The lowest BCUT2D eigenvalue weighted by atomic mass is 10.0. The fourth-order valence-electron chi connectivity index (χ4n) is 5.85. The third-order valence-corrected chi connectivity index (χ3v) is 8.53. The Hall–Kier alpha value is -3.90. The van der Waals surface area contributed by atoms with Crippen molar-refractivity contribution in [3.05, 3.63) is 82.2 Å². The first kappa shape index (κ1) is 29.2. The first-order valence-corrected chi connectivity index (χ1v) is 14.5. The molecule has 4 aromatic rings. The summed E-state index contributed by atoms with van der Waals surface area (Å²) in [5, 5.41) is 12.3. The third-order valence-electron chi connectivity index (χ3n) is 7.96. The predicted octanol–water partition coefficient (Wildman–Crippen LogP) is 3.88. The number of hydrogen-bond acceptors (Lipinski definition) is 7. The minimum absolute atomic E-state index is 0.105. The van der Waals surface area contributed by atoms with Gasteiger partial charge in [0, 0.05) is 51.2 Å². The molecular formula is C30H28Cl2FN7O3. The Kier molecular flexibility index (Phi) is 8.15. The van der Waals surface area contributed by atoms with Crippen molar-refractivity contribution in [3.8, 4) is 11.1 Å². The van der Waals surface area contributed by atoms with Crippen molar-refractivity contribution in [2.45, 2.75) is 44.2 Å². The summed E-state index contributed by atoms with van der Waals surface area (Å²) in [5.41, 5.74) is 9.70.